The molecule has 2 heterocycles. The van der Waals surface area contributed by atoms with Crippen molar-refractivity contribution in [2.75, 3.05) is 9.80 Å². The third-order valence-corrected chi connectivity index (χ3v) is 11.5. The standard InChI is InChI=1S/C53H44N2O2/c1-33-23-27-37(28-24-33)54(42-20-12-7-15-34(42)2)44-31-47-49(40-18-10-9-17-39(40)44)51-48(56-47)32-45(52-50(51)41-19-11-14-22-46(41)57-52)55(43-21-13-8-16-35(43)3)38-29-25-36(26-30-38)53(4,5)6/h7-32H,1-6H3. The SMILES string of the molecule is Cc1ccc(N(c2ccccc2C)c2cc3oc4cc(N(c5ccc(C(C)(C)C)cc5)c5ccccc5C)c5oc6ccccc6c5c4c3c3ccccc23)cc1. The van der Waals surface area contributed by atoms with E-state index in [4.69, 9.17) is 8.83 Å². The second-order valence-electron chi connectivity index (χ2n) is 16.4. The molecule has 0 saturated heterocycles. The van der Waals surface area contributed by atoms with E-state index < -0.39 is 0 Å². The van der Waals surface area contributed by atoms with E-state index in [9.17, 15) is 0 Å². The Balaban J connectivity index is 1.32. The van der Waals surface area contributed by atoms with Crippen molar-refractivity contribution in [2.24, 2.45) is 0 Å². The number of nitrogens with zero attached hydrogens (tertiary/aromatic N) is 2. The first kappa shape index (κ1) is 34.7. The molecule has 8 aromatic carbocycles. The summed E-state index contributed by atoms with van der Waals surface area (Å²) in [7, 11) is 0. The average molecular weight is 741 g/mol. The Morgan fingerprint density at radius 1 is 0.404 bits per heavy atom. The zero-order valence-corrected chi connectivity index (χ0v) is 33.2. The molecule has 0 N–H and O–H groups in total. The number of fused-ring (bicyclic) bond motifs is 9. The Hall–Kier alpha value is -6.78. The van der Waals surface area contributed by atoms with Crippen molar-refractivity contribution in [1.29, 1.82) is 0 Å². The van der Waals surface area contributed by atoms with Crippen LogP contribution < -0.4 is 9.80 Å². The lowest BCUT2D eigenvalue weighted by Gasteiger charge is -2.28. The molecule has 0 unspecified atom stereocenters. The van der Waals surface area contributed by atoms with E-state index in [-0.39, 0.29) is 5.41 Å². The van der Waals surface area contributed by atoms with Gasteiger partial charge in [-0.15, -0.1) is 0 Å². The first-order chi connectivity index (χ1) is 27.7. The molecule has 0 aliphatic carbocycles. The van der Waals surface area contributed by atoms with Crippen molar-refractivity contribution >= 4 is 88.8 Å². The number of rotatable bonds is 6. The summed E-state index contributed by atoms with van der Waals surface area (Å²) in [6, 6.07) is 56.5. The van der Waals surface area contributed by atoms with E-state index in [2.05, 4.69) is 203 Å². The van der Waals surface area contributed by atoms with Crippen LogP contribution in [-0.4, -0.2) is 0 Å². The maximum atomic E-state index is 7.16. The average Bonchev–Trinajstić information content (AvgIpc) is 3.79. The summed E-state index contributed by atoms with van der Waals surface area (Å²) < 4.78 is 14.1. The van der Waals surface area contributed by atoms with Crippen LogP contribution in [0.2, 0.25) is 0 Å². The van der Waals surface area contributed by atoms with Crippen LogP contribution in [0, 0.1) is 20.8 Å². The molecule has 0 amide bonds. The normalized spacial score (nSPS) is 12.0. The number of furan rings is 2. The van der Waals surface area contributed by atoms with Crippen LogP contribution in [0.15, 0.2) is 167 Å². The Bertz CT molecular complexity index is 3140. The van der Waals surface area contributed by atoms with Gasteiger partial charge in [-0.1, -0.05) is 129 Å². The van der Waals surface area contributed by atoms with E-state index in [0.717, 1.165) is 94.3 Å². The first-order valence-corrected chi connectivity index (χ1v) is 19.8. The van der Waals surface area contributed by atoms with Gasteiger partial charge in [-0.2, -0.15) is 0 Å². The second-order valence-corrected chi connectivity index (χ2v) is 16.4. The molecular weight excluding hydrogens is 697 g/mol. The zero-order valence-electron chi connectivity index (χ0n) is 33.2. The number of para-hydroxylation sites is 3. The van der Waals surface area contributed by atoms with Crippen LogP contribution in [-0.2, 0) is 5.41 Å². The van der Waals surface area contributed by atoms with E-state index in [1.165, 1.54) is 16.7 Å². The molecule has 0 radical (unpaired) electrons. The highest BCUT2D eigenvalue weighted by molar-refractivity contribution is 6.33. The summed E-state index contributed by atoms with van der Waals surface area (Å²) in [5, 5.41) is 6.52. The van der Waals surface area contributed by atoms with Crippen molar-refractivity contribution in [1.82, 2.24) is 0 Å². The molecule has 0 fully saturated rings. The molecule has 4 heteroatoms. The fourth-order valence-electron chi connectivity index (χ4n) is 8.58. The van der Waals surface area contributed by atoms with Gasteiger partial charge in [0.25, 0.3) is 0 Å². The smallest absolute Gasteiger partial charge is 0.160 e. The van der Waals surface area contributed by atoms with E-state index >= 15 is 0 Å². The highest BCUT2D eigenvalue weighted by atomic mass is 16.3. The summed E-state index contributed by atoms with van der Waals surface area (Å²) in [6.07, 6.45) is 0. The Morgan fingerprint density at radius 2 is 0.912 bits per heavy atom. The summed E-state index contributed by atoms with van der Waals surface area (Å²) in [5.74, 6) is 0. The van der Waals surface area contributed by atoms with Gasteiger partial charge in [-0.25, -0.2) is 0 Å². The lowest BCUT2D eigenvalue weighted by Crippen LogP contribution is -2.14. The van der Waals surface area contributed by atoms with Gasteiger partial charge in [-0.05, 0) is 90.7 Å². The fraction of sp³-hybridized carbons (Fsp3) is 0.132. The molecule has 57 heavy (non-hydrogen) atoms. The highest BCUT2D eigenvalue weighted by Crippen LogP contribution is 2.51. The van der Waals surface area contributed by atoms with Gasteiger partial charge < -0.3 is 18.6 Å². The van der Waals surface area contributed by atoms with Gasteiger partial charge in [0.1, 0.15) is 16.7 Å². The van der Waals surface area contributed by atoms with E-state index in [1.54, 1.807) is 0 Å². The zero-order chi connectivity index (χ0) is 39.0. The third kappa shape index (κ3) is 5.66. The van der Waals surface area contributed by atoms with Crippen LogP contribution in [0.25, 0.3) is 54.6 Å². The molecule has 2 aromatic heterocycles. The maximum absolute atomic E-state index is 7.16. The molecule has 10 rings (SSSR count). The molecule has 0 saturated carbocycles. The number of hydrogen-bond acceptors (Lipinski definition) is 4. The minimum Gasteiger partial charge on any atom is -0.456 e. The van der Waals surface area contributed by atoms with E-state index in [1.807, 2.05) is 6.07 Å². The number of hydrogen-bond donors (Lipinski definition) is 0. The van der Waals surface area contributed by atoms with Crippen molar-refractivity contribution in [3.8, 4) is 0 Å². The molecular formula is C53H44N2O2. The molecule has 10 aromatic rings. The lowest BCUT2D eigenvalue weighted by molar-refractivity contribution is 0.590. The molecule has 0 aliphatic heterocycles. The highest BCUT2D eigenvalue weighted by Gasteiger charge is 2.28. The topological polar surface area (TPSA) is 32.8 Å². The van der Waals surface area contributed by atoms with Gasteiger partial charge in [0, 0.05) is 61.8 Å². The van der Waals surface area contributed by atoms with Crippen LogP contribution in [0.3, 0.4) is 0 Å². The largest absolute Gasteiger partial charge is 0.456 e. The molecule has 4 nitrogen and oxygen atoms in total. The van der Waals surface area contributed by atoms with Crippen molar-refractivity contribution in [2.45, 2.75) is 47.0 Å². The minimum absolute atomic E-state index is 0.0288. The number of aryl methyl sites for hydroxylation is 3. The number of anilines is 6. The quantitative estimate of drug-likeness (QED) is 0.170. The van der Waals surface area contributed by atoms with Crippen LogP contribution >= 0.6 is 0 Å². The monoisotopic (exact) mass is 740 g/mol. The lowest BCUT2D eigenvalue weighted by atomic mass is 9.87. The second kappa shape index (κ2) is 13.2. The number of benzene rings is 8. The maximum Gasteiger partial charge on any atom is 0.160 e. The summed E-state index contributed by atoms with van der Waals surface area (Å²) in [4.78, 5) is 4.71. The molecule has 0 aliphatic rings. The van der Waals surface area contributed by atoms with Gasteiger partial charge in [-0.3, -0.25) is 0 Å². The predicted octanol–water partition coefficient (Wildman–Crippen LogP) is 15.8. The Kier molecular flexibility index (Phi) is 8.02. The third-order valence-electron chi connectivity index (χ3n) is 11.5. The first-order valence-electron chi connectivity index (χ1n) is 19.8. The van der Waals surface area contributed by atoms with Crippen LogP contribution in [0.1, 0.15) is 43.0 Å². The summed E-state index contributed by atoms with van der Waals surface area (Å²) in [5.41, 5.74) is 14.5. The van der Waals surface area contributed by atoms with Gasteiger partial charge in [0.05, 0.1) is 11.4 Å². The van der Waals surface area contributed by atoms with Gasteiger partial charge >= 0.3 is 0 Å². The van der Waals surface area contributed by atoms with Gasteiger partial charge in [0.15, 0.2) is 5.58 Å². The molecule has 0 atom stereocenters. The fourth-order valence-corrected chi connectivity index (χ4v) is 8.58. The van der Waals surface area contributed by atoms with Gasteiger partial charge in [0.2, 0.25) is 0 Å². The molecule has 0 spiro atoms. The van der Waals surface area contributed by atoms with Crippen molar-refractivity contribution < 1.29 is 8.83 Å². The molecule has 0 bridgehead atoms. The van der Waals surface area contributed by atoms with Crippen LogP contribution in [0.5, 0.6) is 0 Å². The summed E-state index contributed by atoms with van der Waals surface area (Å²) in [6.45, 7) is 13.2. The summed E-state index contributed by atoms with van der Waals surface area (Å²) >= 11 is 0. The van der Waals surface area contributed by atoms with Crippen molar-refractivity contribution in [3.05, 3.63) is 180 Å². The molecule has 278 valence electrons. The van der Waals surface area contributed by atoms with E-state index in [0.29, 0.717) is 0 Å². The van der Waals surface area contributed by atoms with Crippen LogP contribution in [0.4, 0.5) is 34.1 Å². The van der Waals surface area contributed by atoms with Crippen molar-refractivity contribution in [3.63, 3.8) is 0 Å². The predicted molar refractivity (Wildman–Crippen MR) is 241 cm³/mol. The minimum atomic E-state index is 0.0288. The Labute approximate surface area is 333 Å². The Morgan fingerprint density at radius 3 is 1.54 bits per heavy atom.